The number of halogens is 1. The molecule has 0 saturated carbocycles. The molecule has 1 aromatic carbocycles. The van der Waals surface area contributed by atoms with Crippen LogP contribution < -0.4 is 16.2 Å². The third-order valence-electron chi connectivity index (χ3n) is 2.07. The van der Waals surface area contributed by atoms with Crippen LogP contribution in [0.4, 0.5) is 0 Å². The van der Waals surface area contributed by atoms with E-state index >= 15 is 0 Å². The topological polar surface area (TPSA) is 53.2 Å². The van der Waals surface area contributed by atoms with Crippen LogP contribution in [-0.4, -0.2) is 17.6 Å². The second kappa shape index (κ2) is 7.18. The molecule has 0 bridgehead atoms. The Kier molecular flexibility index (Phi) is 5.88. The molecule has 0 unspecified atom stereocenters. The van der Waals surface area contributed by atoms with Crippen LogP contribution in [0.2, 0.25) is 5.02 Å². The van der Waals surface area contributed by atoms with Gasteiger partial charge in [0.1, 0.15) is 0 Å². The van der Waals surface area contributed by atoms with E-state index in [1.165, 1.54) is 0 Å². The number of amides is 1. The molecule has 0 aromatic heterocycles. The molecule has 4 nitrogen and oxygen atoms in total. The Bertz CT molecular complexity index is 420. The van der Waals surface area contributed by atoms with E-state index in [9.17, 15) is 4.79 Å². The SMILES string of the molecule is CC(C)CNC(=S)NNC(=O)c1ccc(Cl)cc1. The highest BCUT2D eigenvalue weighted by molar-refractivity contribution is 7.80. The largest absolute Gasteiger partial charge is 0.361 e. The first-order chi connectivity index (χ1) is 8.49. The molecule has 3 N–H and O–H groups in total. The highest BCUT2D eigenvalue weighted by atomic mass is 35.5. The maximum absolute atomic E-state index is 11.7. The summed E-state index contributed by atoms with van der Waals surface area (Å²) in [6.45, 7) is 4.90. The summed E-state index contributed by atoms with van der Waals surface area (Å²) in [7, 11) is 0. The monoisotopic (exact) mass is 285 g/mol. The van der Waals surface area contributed by atoms with Gasteiger partial charge in [0.15, 0.2) is 5.11 Å². The van der Waals surface area contributed by atoms with Crippen LogP contribution in [0.15, 0.2) is 24.3 Å². The fraction of sp³-hybridized carbons (Fsp3) is 0.333. The molecule has 0 atom stereocenters. The molecule has 0 aliphatic rings. The molecule has 6 heteroatoms. The van der Waals surface area contributed by atoms with Crippen molar-refractivity contribution in [3.8, 4) is 0 Å². The molecule has 98 valence electrons. The Morgan fingerprint density at radius 3 is 2.44 bits per heavy atom. The number of hydrogen-bond acceptors (Lipinski definition) is 2. The second-order valence-electron chi connectivity index (χ2n) is 4.19. The van der Waals surface area contributed by atoms with Crippen LogP contribution in [-0.2, 0) is 0 Å². The summed E-state index contributed by atoms with van der Waals surface area (Å²) in [4.78, 5) is 11.7. The van der Waals surface area contributed by atoms with Gasteiger partial charge in [0.05, 0.1) is 0 Å². The zero-order valence-corrected chi connectivity index (χ0v) is 11.9. The van der Waals surface area contributed by atoms with Crippen LogP contribution in [0, 0.1) is 5.92 Å². The van der Waals surface area contributed by atoms with Crippen molar-refractivity contribution >= 4 is 34.8 Å². The first kappa shape index (κ1) is 14.7. The van der Waals surface area contributed by atoms with Gasteiger partial charge in [0.25, 0.3) is 5.91 Å². The van der Waals surface area contributed by atoms with E-state index < -0.39 is 0 Å². The van der Waals surface area contributed by atoms with Crippen molar-refractivity contribution < 1.29 is 4.79 Å². The average molecular weight is 286 g/mol. The molecule has 18 heavy (non-hydrogen) atoms. The molecule has 0 aliphatic carbocycles. The van der Waals surface area contributed by atoms with Crippen LogP contribution >= 0.6 is 23.8 Å². The van der Waals surface area contributed by atoms with Crippen LogP contribution in [0.25, 0.3) is 0 Å². The fourth-order valence-electron chi connectivity index (χ4n) is 1.13. The molecule has 0 fully saturated rings. The number of carbonyl (C=O) groups is 1. The Morgan fingerprint density at radius 1 is 1.28 bits per heavy atom. The van der Waals surface area contributed by atoms with E-state index in [2.05, 4.69) is 30.0 Å². The number of carbonyl (C=O) groups excluding carboxylic acids is 1. The van der Waals surface area contributed by atoms with Gasteiger partial charge in [0.2, 0.25) is 0 Å². The zero-order valence-electron chi connectivity index (χ0n) is 10.3. The molecular weight excluding hydrogens is 270 g/mol. The van der Waals surface area contributed by atoms with Gasteiger partial charge in [-0.1, -0.05) is 25.4 Å². The van der Waals surface area contributed by atoms with Gasteiger partial charge in [0, 0.05) is 17.1 Å². The maximum Gasteiger partial charge on any atom is 0.269 e. The minimum atomic E-state index is -0.264. The summed E-state index contributed by atoms with van der Waals surface area (Å²) in [5.74, 6) is 0.220. The summed E-state index contributed by atoms with van der Waals surface area (Å²) in [5.41, 5.74) is 5.66. The predicted molar refractivity (Wildman–Crippen MR) is 77.5 cm³/mol. The molecule has 1 aromatic rings. The van der Waals surface area contributed by atoms with E-state index in [0.29, 0.717) is 21.6 Å². The lowest BCUT2D eigenvalue weighted by Crippen LogP contribution is -2.47. The Balaban J connectivity index is 2.37. The van der Waals surface area contributed by atoms with Gasteiger partial charge in [-0.15, -0.1) is 0 Å². The number of hydrogen-bond donors (Lipinski definition) is 3. The second-order valence-corrected chi connectivity index (χ2v) is 5.03. The van der Waals surface area contributed by atoms with E-state index in [-0.39, 0.29) is 5.91 Å². The van der Waals surface area contributed by atoms with E-state index in [4.69, 9.17) is 23.8 Å². The van der Waals surface area contributed by atoms with Gasteiger partial charge in [-0.2, -0.15) is 0 Å². The lowest BCUT2D eigenvalue weighted by Gasteiger charge is -2.12. The van der Waals surface area contributed by atoms with Crippen molar-refractivity contribution in [3.63, 3.8) is 0 Å². The Hall–Kier alpha value is -1.33. The Labute approximate surface area is 117 Å². The van der Waals surface area contributed by atoms with E-state index in [1.54, 1.807) is 24.3 Å². The third-order valence-corrected chi connectivity index (χ3v) is 2.57. The molecule has 0 saturated heterocycles. The van der Waals surface area contributed by atoms with Crippen molar-refractivity contribution in [3.05, 3.63) is 34.9 Å². The number of thiocarbonyl (C=S) groups is 1. The van der Waals surface area contributed by atoms with Crippen LogP contribution in [0.5, 0.6) is 0 Å². The van der Waals surface area contributed by atoms with Crippen molar-refractivity contribution in [1.29, 1.82) is 0 Å². The molecule has 0 spiro atoms. The fourth-order valence-corrected chi connectivity index (χ4v) is 1.39. The van der Waals surface area contributed by atoms with Gasteiger partial charge in [-0.25, -0.2) is 0 Å². The number of rotatable bonds is 3. The van der Waals surface area contributed by atoms with Gasteiger partial charge in [-0.3, -0.25) is 15.6 Å². The predicted octanol–water partition coefficient (Wildman–Crippen LogP) is 2.10. The van der Waals surface area contributed by atoms with Gasteiger partial charge < -0.3 is 5.32 Å². The van der Waals surface area contributed by atoms with Gasteiger partial charge in [-0.05, 0) is 42.4 Å². The summed E-state index contributed by atoms with van der Waals surface area (Å²) in [6.07, 6.45) is 0. The first-order valence-corrected chi connectivity index (χ1v) is 6.37. The molecular formula is C12H16ClN3OS. The third kappa shape index (κ3) is 5.33. The minimum absolute atomic E-state index is 0.264. The standard InChI is InChI=1S/C12H16ClN3OS/c1-8(2)7-14-12(18)16-15-11(17)9-3-5-10(13)6-4-9/h3-6,8H,7H2,1-2H3,(H,15,17)(H2,14,16,18). The zero-order chi connectivity index (χ0) is 13.5. The smallest absolute Gasteiger partial charge is 0.269 e. The highest BCUT2D eigenvalue weighted by Crippen LogP contribution is 2.08. The van der Waals surface area contributed by atoms with E-state index in [0.717, 1.165) is 6.54 Å². The quantitative estimate of drug-likeness (QED) is 0.588. The first-order valence-electron chi connectivity index (χ1n) is 5.59. The highest BCUT2D eigenvalue weighted by Gasteiger charge is 2.05. The molecule has 0 aliphatic heterocycles. The Morgan fingerprint density at radius 2 is 1.89 bits per heavy atom. The van der Waals surface area contributed by atoms with Crippen molar-refractivity contribution in [1.82, 2.24) is 16.2 Å². The normalized spacial score (nSPS) is 10.0. The van der Waals surface area contributed by atoms with Crippen LogP contribution in [0.1, 0.15) is 24.2 Å². The summed E-state index contributed by atoms with van der Waals surface area (Å²) >= 11 is 10.7. The van der Waals surface area contributed by atoms with Crippen molar-refractivity contribution in [2.45, 2.75) is 13.8 Å². The number of hydrazine groups is 1. The maximum atomic E-state index is 11.7. The average Bonchev–Trinajstić information content (AvgIpc) is 2.34. The van der Waals surface area contributed by atoms with Crippen molar-refractivity contribution in [2.24, 2.45) is 5.92 Å². The van der Waals surface area contributed by atoms with E-state index in [1.807, 2.05) is 0 Å². The molecule has 1 rings (SSSR count). The lowest BCUT2D eigenvalue weighted by atomic mass is 10.2. The molecule has 0 heterocycles. The summed E-state index contributed by atoms with van der Waals surface area (Å²) in [6, 6.07) is 6.60. The summed E-state index contributed by atoms with van der Waals surface area (Å²) < 4.78 is 0. The van der Waals surface area contributed by atoms with Crippen LogP contribution in [0.3, 0.4) is 0 Å². The minimum Gasteiger partial charge on any atom is -0.361 e. The van der Waals surface area contributed by atoms with Gasteiger partial charge >= 0.3 is 0 Å². The number of nitrogens with one attached hydrogen (secondary N) is 3. The lowest BCUT2D eigenvalue weighted by molar-refractivity contribution is 0.0943. The molecule has 0 radical (unpaired) electrons. The summed E-state index contributed by atoms with van der Waals surface area (Å²) in [5, 5.41) is 3.97. The number of benzene rings is 1. The van der Waals surface area contributed by atoms with Crippen molar-refractivity contribution in [2.75, 3.05) is 6.54 Å². The molecule has 1 amide bonds.